The molecule has 0 aliphatic heterocycles. The number of carbonyl (C=O) groups is 2. The number of amides is 2. The smallest absolute Gasteiger partial charge is 0.232 e. The van der Waals surface area contributed by atoms with Gasteiger partial charge in [-0.3, -0.25) is 19.6 Å². The summed E-state index contributed by atoms with van der Waals surface area (Å²) in [5, 5.41) is 25.3. The quantitative estimate of drug-likeness (QED) is 0.291. The molecular formula is C25H26N8O4S2. The fourth-order valence-corrected chi connectivity index (χ4v) is 6.16. The maximum absolute atomic E-state index is 12.5. The van der Waals surface area contributed by atoms with Crippen LogP contribution in [0.3, 0.4) is 0 Å². The van der Waals surface area contributed by atoms with E-state index in [-0.39, 0.29) is 36.5 Å². The van der Waals surface area contributed by atoms with Crippen molar-refractivity contribution in [2.45, 2.75) is 43.9 Å². The number of nitrogens with one attached hydrogen (secondary N) is 2. The zero-order chi connectivity index (χ0) is 27.2. The van der Waals surface area contributed by atoms with Gasteiger partial charge in [-0.25, -0.2) is 0 Å². The van der Waals surface area contributed by atoms with Crippen molar-refractivity contribution in [2.75, 3.05) is 24.9 Å². The van der Waals surface area contributed by atoms with Crippen molar-refractivity contribution in [3.8, 4) is 11.5 Å². The van der Waals surface area contributed by atoms with E-state index in [1.54, 1.807) is 50.9 Å². The summed E-state index contributed by atoms with van der Waals surface area (Å²) in [5.41, 5.74) is 1.22. The molecule has 202 valence electrons. The molecule has 0 bridgehead atoms. The molecule has 5 rings (SSSR count). The van der Waals surface area contributed by atoms with E-state index in [4.69, 9.17) is 9.47 Å². The van der Waals surface area contributed by atoms with Crippen LogP contribution in [0.15, 0.2) is 36.7 Å². The van der Waals surface area contributed by atoms with E-state index in [9.17, 15) is 9.59 Å². The Morgan fingerprint density at radius 3 is 1.69 bits per heavy atom. The van der Waals surface area contributed by atoms with Gasteiger partial charge in [-0.2, -0.15) is 0 Å². The average Bonchev–Trinajstić information content (AvgIpc) is 3.70. The first-order valence-corrected chi connectivity index (χ1v) is 13.9. The van der Waals surface area contributed by atoms with Gasteiger partial charge in [-0.15, -0.1) is 20.4 Å². The summed E-state index contributed by atoms with van der Waals surface area (Å²) >= 11 is 2.77. The second kappa shape index (κ2) is 12.2. The Hall–Kier alpha value is -4.04. The van der Waals surface area contributed by atoms with Crippen molar-refractivity contribution in [1.29, 1.82) is 0 Å². The third kappa shape index (κ3) is 6.89. The van der Waals surface area contributed by atoms with Crippen molar-refractivity contribution in [1.82, 2.24) is 30.4 Å². The number of ether oxygens (including phenoxy) is 2. The summed E-state index contributed by atoms with van der Waals surface area (Å²) in [7, 11) is 3.14. The lowest BCUT2D eigenvalue weighted by Gasteiger charge is -2.05. The second-order valence-electron chi connectivity index (χ2n) is 8.92. The number of rotatable bonds is 10. The summed E-state index contributed by atoms with van der Waals surface area (Å²) in [6.07, 6.45) is 6.17. The molecule has 39 heavy (non-hydrogen) atoms. The molecule has 0 spiro atoms. The second-order valence-corrected chi connectivity index (χ2v) is 10.9. The zero-order valence-electron chi connectivity index (χ0n) is 21.3. The number of carbonyl (C=O) groups excluding carboxylic acids is 2. The van der Waals surface area contributed by atoms with Crippen LogP contribution in [-0.4, -0.2) is 56.4 Å². The first-order chi connectivity index (χ1) is 19.0. The molecule has 0 aromatic carbocycles. The number of hydrogen-bond donors (Lipinski definition) is 2. The van der Waals surface area contributed by atoms with E-state index in [0.29, 0.717) is 33.1 Å². The topological polar surface area (TPSA) is 154 Å². The van der Waals surface area contributed by atoms with E-state index in [2.05, 4.69) is 41.0 Å². The highest BCUT2D eigenvalue weighted by atomic mass is 32.1. The maximum Gasteiger partial charge on any atom is 0.232 e. The number of hydrogen-bond acceptors (Lipinski definition) is 12. The molecule has 4 heterocycles. The van der Waals surface area contributed by atoms with Gasteiger partial charge in [0.2, 0.25) is 22.1 Å². The molecule has 14 heteroatoms. The lowest BCUT2D eigenvalue weighted by Crippen LogP contribution is -2.15. The molecule has 2 N–H and O–H groups in total. The predicted octanol–water partition coefficient (Wildman–Crippen LogP) is 3.61. The van der Waals surface area contributed by atoms with Crippen molar-refractivity contribution in [3.63, 3.8) is 0 Å². The van der Waals surface area contributed by atoms with Crippen LogP contribution in [0, 0.1) is 0 Å². The standard InChI is InChI=1S/C25H26N8O4S2/c1-36-18-5-7-26-16(10-18)12-20(34)28-24-32-30-22(38-24)14-3-4-15(9-14)23-31-33-25(39-23)29-21(35)13-17-11-19(37-2)6-8-27-17/h5-8,10-11,14-15H,3-4,9,12-13H2,1-2H3,(H,28,32,34)(H,29,33,35). The lowest BCUT2D eigenvalue weighted by molar-refractivity contribution is -0.116. The maximum atomic E-state index is 12.5. The minimum atomic E-state index is -0.214. The van der Waals surface area contributed by atoms with Crippen molar-refractivity contribution in [2.24, 2.45) is 0 Å². The number of methoxy groups -OCH3 is 2. The first-order valence-electron chi connectivity index (χ1n) is 12.2. The summed E-state index contributed by atoms with van der Waals surface area (Å²) in [6.45, 7) is 0. The van der Waals surface area contributed by atoms with Crippen molar-refractivity contribution >= 4 is 44.8 Å². The normalized spacial score (nSPS) is 16.6. The Labute approximate surface area is 232 Å². The molecule has 12 nitrogen and oxygen atoms in total. The number of nitrogens with zero attached hydrogens (tertiary/aromatic N) is 6. The van der Waals surface area contributed by atoms with Gasteiger partial charge >= 0.3 is 0 Å². The van der Waals surface area contributed by atoms with Crippen LogP contribution in [0.4, 0.5) is 10.3 Å². The number of pyridine rings is 2. The fourth-order valence-electron chi connectivity index (χ4n) is 4.35. The van der Waals surface area contributed by atoms with Crippen LogP contribution >= 0.6 is 22.7 Å². The predicted molar refractivity (Wildman–Crippen MR) is 145 cm³/mol. The van der Waals surface area contributed by atoms with Crippen LogP contribution in [0.2, 0.25) is 0 Å². The van der Waals surface area contributed by atoms with E-state index in [1.165, 1.54) is 22.7 Å². The molecule has 1 aliphatic rings. The van der Waals surface area contributed by atoms with Gasteiger partial charge in [0.1, 0.15) is 21.5 Å². The number of anilines is 2. The third-order valence-corrected chi connectivity index (χ3v) is 8.24. The zero-order valence-corrected chi connectivity index (χ0v) is 22.9. The molecule has 1 saturated carbocycles. The van der Waals surface area contributed by atoms with Gasteiger partial charge < -0.3 is 20.1 Å². The Kier molecular flexibility index (Phi) is 8.32. The molecule has 0 saturated heterocycles. The molecule has 1 aliphatic carbocycles. The van der Waals surface area contributed by atoms with Gasteiger partial charge in [0, 0.05) is 36.4 Å². The van der Waals surface area contributed by atoms with E-state index < -0.39 is 0 Å². The van der Waals surface area contributed by atoms with E-state index >= 15 is 0 Å². The Balaban J connectivity index is 1.12. The highest BCUT2D eigenvalue weighted by molar-refractivity contribution is 7.15. The third-order valence-electron chi connectivity index (χ3n) is 6.24. The minimum Gasteiger partial charge on any atom is -0.497 e. The Morgan fingerprint density at radius 2 is 1.26 bits per heavy atom. The Bertz CT molecular complexity index is 1350. The molecule has 4 aromatic heterocycles. The molecule has 1 fully saturated rings. The number of aromatic nitrogens is 6. The summed E-state index contributed by atoms with van der Waals surface area (Å²) < 4.78 is 10.4. The summed E-state index contributed by atoms with van der Waals surface area (Å²) in [5.74, 6) is 1.31. The minimum absolute atomic E-state index is 0.115. The molecular weight excluding hydrogens is 540 g/mol. The van der Waals surface area contributed by atoms with Crippen LogP contribution in [0.1, 0.15) is 52.5 Å². The average molecular weight is 567 g/mol. The monoisotopic (exact) mass is 566 g/mol. The van der Waals surface area contributed by atoms with Gasteiger partial charge in [0.15, 0.2) is 0 Å². The SMILES string of the molecule is COc1ccnc(CC(=O)Nc2nnc(C3CCC(c4nnc(NC(=O)Cc5cc(OC)ccn5)s4)C3)s2)c1. The highest BCUT2D eigenvalue weighted by Crippen LogP contribution is 2.45. The van der Waals surface area contributed by atoms with Crippen LogP contribution < -0.4 is 20.1 Å². The molecule has 2 unspecified atom stereocenters. The van der Waals surface area contributed by atoms with Crippen LogP contribution in [-0.2, 0) is 22.4 Å². The van der Waals surface area contributed by atoms with Gasteiger partial charge in [-0.1, -0.05) is 22.7 Å². The fraction of sp³-hybridized carbons (Fsp3) is 0.360. The molecule has 2 amide bonds. The summed E-state index contributed by atoms with van der Waals surface area (Å²) in [4.78, 5) is 33.3. The van der Waals surface area contributed by atoms with E-state index in [0.717, 1.165) is 29.3 Å². The molecule has 4 aromatic rings. The largest absolute Gasteiger partial charge is 0.497 e. The molecule has 0 radical (unpaired) electrons. The van der Waals surface area contributed by atoms with Crippen molar-refractivity contribution in [3.05, 3.63) is 58.1 Å². The van der Waals surface area contributed by atoms with E-state index in [1.807, 2.05) is 0 Å². The molecule has 2 atom stereocenters. The van der Waals surface area contributed by atoms with Gasteiger partial charge in [0.05, 0.1) is 38.4 Å². The van der Waals surface area contributed by atoms with Gasteiger partial charge in [-0.05, 0) is 31.4 Å². The summed E-state index contributed by atoms with van der Waals surface area (Å²) in [6, 6.07) is 6.92. The lowest BCUT2D eigenvalue weighted by atomic mass is 10.1. The van der Waals surface area contributed by atoms with Gasteiger partial charge in [0.25, 0.3) is 0 Å². The van der Waals surface area contributed by atoms with Crippen molar-refractivity contribution < 1.29 is 19.1 Å². The Morgan fingerprint density at radius 1 is 0.795 bits per heavy atom. The first kappa shape index (κ1) is 26.6. The van der Waals surface area contributed by atoms with Crippen LogP contribution in [0.5, 0.6) is 11.5 Å². The highest BCUT2D eigenvalue weighted by Gasteiger charge is 2.32. The van der Waals surface area contributed by atoms with Crippen LogP contribution in [0.25, 0.3) is 0 Å².